The molecule has 2 aliphatic rings. The summed E-state index contributed by atoms with van der Waals surface area (Å²) in [5.41, 5.74) is 1.16. The first kappa shape index (κ1) is 18.6. The molecule has 4 amide bonds. The lowest BCUT2D eigenvalue weighted by atomic mass is 10.1. The number of nitrogens with one attached hydrogen (secondary N) is 1. The predicted octanol–water partition coefficient (Wildman–Crippen LogP) is 3.01. The Bertz CT molecular complexity index is 1260. The molecule has 0 atom stereocenters. The molecule has 31 heavy (non-hydrogen) atoms. The number of amides is 4. The van der Waals surface area contributed by atoms with Crippen molar-refractivity contribution in [2.45, 2.75) is 0 Å². The maximum absolute atomic E-state index is 13.3. The fourth-order valence-electron chi connectivity index (χ4n) is 3.41. The number of carbonyl (C=O) groups excluding carboxylic acids is 3. The maximum Gasteiger partial charge on any atom is 0.335 e. The summed E-state index contributed by atoms with van der Waals surface area (Å²) in [5, 5.41) is 2.18. The van der Waals surface area contributed by atoms with Gasteiger partial charge in [-0.05, 0) is 54.6 Å². The number of carbonyl (C=O) groups is 3. The molecule has 0 unspecified atom stereocenters. The number of urea groups is 1. The Labute approximate surface area is 175 Å². The molecule has 154 valence electrons. The quantitative estimate of drug-likeness (QED) is 0.521. The number of ether oxygens (including phenoxy) is 2. The lowest BCUT2D eigenvalue weighted by Gasteiger charge is -2.26. The smallest absolute Gasteiger partial charge is 0.335 e. The van der Waals surface area contributed by atoms with Crippen LogP contribution in [0.25, 0.3) is 11.8 Å². The number of nitrogens with zero attached hydrogens (tertiary/aromatic N) is 2. The largest absolute Gasteiger partial charge is 0.454 e. The van der Waals surface area contributed by atoms with Crippen molar-refractivity contribution in [2.24, 2.45) is 0 Å². The lowest BCUT2D eigenvalue weighted by molar-refractivity contribution is -0.122. The number of aromatic nitrogens is 1. The molecule has 8 nitrogen and oxygen atoms in total. The molecule has 0 radical (unpaired) electrons. The summed E-state index contributed by atoms with van der Waals surface area (Å²) in [6.07, 6.45) is 3.10. The van der Waals surface area contributed by atoms with Crippen molar-refractivity contribution in [1.29, 1.82) is 0 Å². The van der Waals surface area contributed by atoms with E-state index in [4.69, 9.17) is 9.47 Å². The molecule has 2 aliphatic heterocycles. The van der Waals surface area contributed by atoms with Gasteiger partial charge in [-0.3, -0.25) is 14.9 Å². The maximum atomic E-state index is 13.3. The van der Waals surface area contributed by atoms with Crippen LogP contribution >= 0.6 is 0 Å². The number of hydrogen-bond acceptors (Lipinski definition) is 5. The molecule has 1 N–H and O–H groups in total. The number of hydrogen-bond donors (Lipinski definition) is 1. The van der Waals surface area contributed by atoms with Crippen LogP contribution in [0.4, 0.5) is 14.9 Å². The van der Waals surface area contributed by atoms with Crippen molar-refractivity contribution in [1.82, 2.24) is 9.88 Å². The van der Waals surface area contributed by atoms with Gasteiger partial charge in [0.05, 0.1) is 5.69 Å². The van der Waals surface area contributed by atoms with Gasteiger partial charge < -0.3 is 14.0 Å². The molecule has 9 heteroatoms. The Morgan fingerprint density at radius 1 is 0.935 bits per heavy atom. The second-order valence-electron chi connectivity index (χ2n) is 6.77. The molecular formula is C22H14FN3O5. The van der Waals surface area contributed by atoms with E-state index in [1.54, 1.807) is 41.1 Å². The second-order valence-corrected chi connectivity index (χ2v) is 6.77. The fourth-order valence-corrected chi connectivity index (χ4v) is 3.41. The third-order valence-electron chi connectivity index (χ3n) is 4.89. The number of anilines is 1. The van der Waals surface area contributed by atoms with Crippen molar-refractivity contribution in [3.8, 4) is 17.2 Å². The zero-order valence-corrected chi connectivity index (χ0v) is 15.9. The number of halogens is 1. The van der Waals surface area contributed by atoms with Gasteiger partial charge in [-0.1, -0.05) is 0 Å². The Morgan fingerprint density at radius 2 is 1.68 bits per heavy atom. The van der Waals surface area contributed by atoms with E-state index in [9.17, 15) is 18.8 Å². The van der Waals surface area contributed by atoms with Crippen molar-refractivity contribution < 1.29 is 28.2 Å². The van der Waals surface area contributed by atoms with Gasteiger partial charge in [0.1, 0.15) is 11.4 Å². The first-order valence-corrected chi connectivity index (χ1v) is 9.26. The standard InChI is InChI=1S/C22H14FN3O5/c23-13-3-5-14(6-4-13)25-9-1-2-15(25)10-17-20(27)24-22(29)26(21(17)28)16-7-8-18-19(11-16)31-12-30-18/h1-11H,12H2,(H,24,27,29). The number of rotatable bonds is 3. The molecule has 3 aromatic rings. The molecule has 0 bridgehead atoms. The fraction of sp³-hybridized carbons (Fsp3) is 0.0455. The number of benzene rings is 2. The Morgan fingerprint density at radius 3 is 2.48 bits per heavy atom. The summed E-state index contributed by atoms with van der Waals surface area (Å²) < 4.78 is 25.5. The molecule has 2 aromatic carbocycles. The average molecular weight is 419 g/mol. The number of fused-ring (bicyclic) bond motifs is 1. The van der Waals surface area contributed by atoms with E-state index in [2.05, 4.69) is 5.32 Å². The molecule has 1 aromatic heterocycles. The Hall–Kier alpha value is -4.40. The molecule has 5 rings (SSSR count). The van der Waals surface area contributed by atoms with E-state index in [0.717, 1.165) is 4.90 Å². The zero-order chi connectivity index (χ0) is 21.5. The van der Waals surface area contributed by atoms with Crippen LogP contribution in [0.1, 0.15) is 5.69 Å². The van der Waals surface area contributed by atoms with Crippen LogP contribution in [0.3, 0.4) is 0 Å². The topological polar surface area (TPSA) is 89.9 Å². The minimum absolute atomic E-state index is 0.0446. The van der Waals surface area contributed by atoms with Gasteiger partial charge in [0.25, 0.3) is 11.8 Å². The molecule has 1 saturated heterocycles. The van der Waals surface area contributed by atoms with E-state index < -0.39 is 17.8 Å². The van der Waals surface area contributed by atoms with Gasteiger partial charge in [-0.15, -0.1) is 0 Å². The summed E-state index contributed by atoms with van der Waals surface area (Å²) in [5.74, 6) is -1.07. The van der Waals surface area contributed by atoms with Crippen LogP contribution in [-0.2, 0) is 9.59 Å². The molecular weight excluding hydrogens is 405 g/mol. The van der Waals surface area contributed by atoms with Crippen molar-refractivity contribution >= 4 is 29.6 Å². The van der Waals surface area contributed by atoms with Crippen LogP contribution in [-0.4, -0.2) is 29.2 Å². The van der Waals surface area contributed by atoms with Gasteiger partial charge in [0, 0.05) is 23.6 Å². The van der Waals surface area contributed by atoms with E-state index in [-0.39, 0.29) is 23.9 Å². The minimum atomic E-state index is -0.861. The van der Waals surface area contributed by atoms with Crippen LogP contribution in [0.5, 0.6) is 11.5 Å². The van der Waals surface area contributed by atoms with Crippen LogP contribution in [0.15, 0.2) is 66.4 Å². The third kappa shape index (κ3) is 3.21. The Kier molecular flexibility index (Phi) is 4.28. The highest BCUT2D eigenvalue weighted by atomic mass is 19.1. The van der Waals surface area contributed by atoms with Gasteiger partial charge in [0.15, 0.2) is 11.5 Å². The third-order valence-corrected chi connectivity index (χ3v) is 4.89. The van der Waals surface area contributed by atoms with Gasteiger partial charge in [0.2, 0.25) is 6.79 Å². The van der Waals surface area contributed by atoms with E-state index in [1.807, 2.05) is 0 Å². The normalized spacial score (nSPS) is 16.7. The highest BCUT2D eigenvalue weighted by molar-refractivity contribution is 6.39. The van der Waals surface area contributed by atoms with Crippen molar-refractivity contribution in [3.05, 3.63) is 77.9 Å². The van der Waals surface area contributed by atoms with E-state index >= 15 is 0 Å². The van der Waals surface area contributed by atoms with Gasteiger partial charge in [-0.25, -0.2) is 14.1 Å². The Balaban J connectivity index is 1.53. The summed E-state index contributed by atoms with van der Waals surface area (Å²) in [6, 6.07) is 12.9. The first-order valence-electron chi connectivity index (χ1n) is 9.26. The van der Waals surface area contributed by atoms with Crippen LogP contribution in [0.2, 0.25) is 0 Å². The monoisotopic (exact) mass is 419 g/mol. The molecule has 1 fully saturated rings. The van der Waals surface area contributed by atoms with Crippen molar-refractivity contribution in [3.63, 3.8) is 0 Å². The summed E-state index contributed by atoms with van der Waals surface area (Å²) in [6.45, 7) is 0.0446. The van der Waals surface area contributed by atoms with Crippen LogP contribution in [0, 0.1) is 5.82 Å². The van der Waals surface area contributed by atoms with Crippen molar-refractivity contribution in [2.75, 3.05) is 11.7 Å². The molecule has 0 saturated carbocycles. The SMILES string of the molecule is O=C1NC(=O)N(c2ccc3c(c2)OCO3)C(=O)C1=Cc1cccn1-c1ccc(F)cc1. The molecule has 0 aliphatic carbocycles. The predicted molar refractivity (Wildman–Crippen MR) is 107 cm³/mol. The van der Waals surface area contributed by atoms with E-state index in [0.29, 0.717) is 22.9 Å². The molecule has 3 heterocycles. The van der Waals surface area contributed by atoms with Gasteiger partial charge >= 0.3 is 6.03 Å². The summed E-state index contributed by atoms with van der Waals surface area (Å²) >= 11 is 0. The number of barbiturate groups is 1. The number of imide groups is 2. The second kappa shape index (κ2) is 7.13. The highest BCUT2D eigenvalue weighted by Gasteiger charge is 2.37. The average Bonchev–Trinajstić information content (AvgIpc) is 3.40. The van der Waals surface area contributed by atoms with Gasteiger partial charge in [-0.2, -0.15) is 0 Å². The first-order chi connectivity index (χ1) is 15.0. The summed E-state index contributed by atoms with van der Waals surface area (Å²) in [4.78, 5) is 38.8. The molecule has 0 spiro atoms. The summed E-state index contributed by atoms with van der Waals surface area (Å²) in [7, 11) is 0. The zero-order valence-electron chi connectivity index (χ0n) is 15.9. The highest BCUT2D eigenvalue weighted by Crippen LogP contribution is 2.36. The van der Waals surface area contributed by atoms with Crippen LogP contribution < -0.4 is 19.7 Å². The minimum Gasteiger partial charge on any atom is -0.454 e. The van der Waals surface area contributed by atoms with E-state index in [1.165, 1.54) is 30.3 Å². The lowest BCUT2D eigenvalue weighted by Crippen LogP contribution is -2.54.